The quantitative estimate of drug-likeness (QED) is 0.214. The van der Waals surface area contributed by atoms with Crippen molar-refractivity contribution in [2.24, 2.45) is 0 Å². The molecular weight excluding hydrogens is 417 g/mol. The molecule has 164 valence electrons. The molecule has 0 saturated carbocycles. The van der Waals surface area contributed by atoms with Crippen LogP contribution in [-0.4, -0.2) is 0 Å². The van der Waals surface area contributed by atoms with Crippen molar-refractivity contribution in [1.29, 1.82) is 0 Å². The zero-order valence-electron chi connectivity index (χ0n) is 18.2. The number of allylic oxidation sites excluding steroid dienone is 1. The molecule has 0 radical (unpaired) electrons. The molecule has 0 amide bonds. The third-order valence-corrected chi connectivity index (χ3v) is 5.62. The van der Waals surface area contributed by atoms with E-state index < -0.39 is 11.6 Å². The predicted molar refractivity (Wildman–Crippen MR) is 129 cm³/mol. The highest BCUT2D eigenvalue weighted by atomic mass is 19.2. The summed E-state index contributed by atoms with van der Waals surface area (Å²) < 4.78 is 41.2. The highest BCUT2D eigenvalue weighted by molar-refractivity contribution is 5.84. The number of hydrogen-bond acceptors (Lipinski definition) is 0. The van der Waals surface area contributed by atoms with Gasteiger partial charge in [-0.25, -0.2) is 13.2 Å². The molecule has 4 rings (SSSR count). The lowest BCUT2D eigenvalue weighted by atomic mass is 10.0. The number of benzene rings is 4. The van der Waals surface area contributed by atoms with E-state index in [1.807, 2.05) is 42.5 Å². The molecule has 33 heavy (non-hydrogen) atoms. The van der Waals surface area contributed by atoms with Gasteiger partial charge in [0, 0.05) is 11.1 Å². The van der Waals surface area contributed by atoms with E-state index in [1.165, 1.54) is 12.1 Å². The Hall–Kier alpha value is -3.77. The Kier molecular flexibility index (Phi) is 6.95. The maximum atomic E-state index is 14.4. The van der Waals surface area contributed by atoms with Crippen LogP contribution < -0.4 is 0 Å². The van der Waals surface area contributed by atoms with Crippen LogP contribution in [-0.2, 0) is 19.3 Å². The van der Waals surface area contributed by atoms with Crippen LogP contribution in [0.15, 0.2) is 85.5 Å². The van der Waals surface area contributed by atoms with Gasteiger partial charge >= 0.3 is 0 Å². The fourth-order valence-electron chi connectivity index (χ4n) is 3.72. The second-order valence-corrected chi connectivity index (χ2v) is 8.03. The summed E-state index contributed by atoms with van der Waals surface area (Å²) in [5, 5.41) is 1.24. The van der Waals surface area contributed by atoms with Crippen molar-refractivity contribution >= 4 is 10.8 Å². The Morgan fingerprint density at radius 3 is 2.00 bits per heavy atom. The second-order valence-electron chi connectivity index (χ2n) is 8.03. The molecule has 0 nitrogen and oxygen atoms in total. The first-order chi connectivity index (χ1) is 16.0. The van der Waals surface area contributed by atoms with Gasteiger partial charge in [-0.1, -0.05) is 48.2 Å². The lowest BCUT2D eigenvalue weighted by molar-refractivity contribution is 0.511. The van der Waals surface area contributed by atoms with Crippen molar-refractivity contribution in [2.45, 2.75) is 25.7 Å². The normalized spacial score (nSPS) is 10.6. The smallest absolute Gasteiger partial charge is 0.159 e. The maximum Gasteiger partial charge on any atom is 0.159 e. The molecule has 0 N–H and O–H groups in total. The number of aryl methyl sites for hydroxylation is 3. The Balaban J connectivity index is 1.40. The third-order valence-electron chi connectivity index (χ3n) is 5.62. The number of halogens is 3. The van der Waals surface area contributed by atoms with Gasteiger partial charge in [-0.2, -0.15) is 0 Å². The van der Waals surface area contributed by atoms with Crippen LogP contribution in [0.1, 0.15) is 34.2 Å². The largest absolute Gasteiger partial charge is 0.207 e. The maximum absolute atomic E-state index is 14.4. The minimum absolute atomic E-state index is 0.156. The van der Waals surface area contributed by atoms with E-state index in [0.29, 0.717) is 22.8 Å². The standard InChI is InChI=1S/C30H23F3/c1-2-3-4-23-12-15-25(28(31)18-23)14-11-22-7-5-21(6-8-22)9-10-24-13-16-26-19-29(32)30(33)20-27(26)17-24/h2,5-8,12-13,15-20H,1,3-4,11,14H2. The topological polar surface area (TPSA) is 0 Å². The summed E-state index contributed by atoms with van der Waals surface area (Å²) in [4.78, 5) is 0. The van der Waals surface area contributed by atoms with Crippen molar-refractivity contribution in [1.82, 2.24) is 0 Å². The van der Waals surface area contributed by atoms with Crippen LogP contribution in [0.25, 0.3) is 10.8 Å². The third kappa shape index (κ3) is 5.73. The molecule has 4 aromatic carbocycles. The first-order valence-corrected chi connectivity index (χ1v) is 10.9. The highest BCUT2D eigenvalue weighted by Crippen LogP contribution is 2.20. The van der Waals surface area contributed by atoms with Gasteiger partial charge in [0.2, 0.25) is 0 Å². The molecule has 0 aliphatic heterocycles. The summed E-state index contributed by atoms with van der Waals surface area (Å²) in [5.41, 5.74) is 4.39. The zero-order valence-corrected chi connectivity index (χ0v) is 18.2. The van der Waals surface area contributed by atoms with Crippen LogP contribution in [0.3, 0.4) is 0 Å². The minimum atomic E-state index is -0.869. The van der Waals surface area contributed by atoms with Crippen molar-refractivity contribution in [2.75, 3.05) is 0 Å². The highest BCUT2D eigenvalue weighted by Gasteiger charge is 2.05. The summed E-state index contributed by atoms with van der Waals surface area (Å²) >= 11 is 0. The van der Waals surface area contributed by atoms with E-state index in [4.69, 9.17) is 0 Å². The lowest BCUT2D eigenvalue weighted by Gasteiger charge is -2.06. The number of rotatable bonds is 6. The van der Waals surface area contributed by atoms with Gasteiger partial charge in [0.15, 0.2) is 11.6 Å². The summed E-state index contributed by atoms with van der Waals surface area (Å²) in [5.74, 6) is 4.29. The van der Waals surface area contributed by atoms with Crippen LogP contribution in [0, 0.1) is 29.3 Å². The molecule has 0 spiro atoms. The van der Waals surface area contributed by atoms with Crippen LogP contribution in [0.5, 0.6) is 0 Å². The monoisotopic (exact) mass is 440 g/mol. The van der Waals surface area contributed by atoms with Gasteiger partial charge in [0.1, 0.15) is 5.82 Å². The Labute approximate surface area is 192 Å². The molecule has 0 saturated heterocycles. The van der Waals surface area contributed by atoms with E-state index in [9.17, 15) is 13.2 Å². The molecule has 0 fully saturated rings. The van der Waals surface area contributed by atoms with Crippen LogP contribution >= 0.6 is 0 Å². The fraction of sp³-hybridized carbons (Fsp3) is 0.133. The van der Waals surface area contributed by atoms with Gasteiger partial charge in [-0.05, 0) is 95.6 Å². The molecule has 0 aliphatic rings. The summed E-state index contributed by atoms with van der Waals surface area (Å²) in [6, 6.07) is 21.0. The van der Waals surface area contributed by atoms with Crippen LogP contribution in [0.2, 0.25) is 0 Å². The van der Waals surface area contributed by atoms with Gasteiger partial charge in [-0.15, -0.1) is 6.58 Å². The predicted octanol–water partition coefficient (Wildman–Crippen LogP) is 7.56. The van der Waals surface area contributed by atoms with Crippen LogP contribution in [0.4, 0.5) is 13.2 Å². The van der Waals surface area contributed by atoms with Crippen molar-refractivity contribution < 1.29 is 13.2 Å². The summed E-state index contributed by atoms with van der Waals surface area (Å²) in [6.45, 7) is 3.70. The molecule has 4 aromatic rings. The Morgan fingerprint density at radius 1 is 0.606 bits per heavy atom. The number of hydrogen-bond donors (Lipinski definition) is 0. The molecule has 0 aliphatic carbocycles. The lowest BCUT2D eigenvalue weighted by Crippen LogP contribution is -1.97. The SMILES string of the molecule is C=CCCc1ccc(CCc2ccc(C#Cc3ccc4cc(F)c(F)cc4c3)cc2)c(F)c1. The number of fused-ring (bicyclic) bond motifs is 1. The van der Waals surface area contributed by atoms with E-state index in [-0.39, 0.29) is 5.82 Å². The second kappa shape index (κ2) is 10.2. The van der Waals surface area contributed by atoms with Gasteiger partial charge in [-0.3, -0.25) is 0 Å². The molecule has 0 heterocycles. The molecule has 3 heteroatoms. The first-order valence-electron chi connectivity index (χ1n) is 10.9. The van der Waals surface area contributed by atoms with Gasteiger partial charge in [0.05, 0.1) is 0 Å². The van der Waals surface area contributed by atoms with E-state index in [1.54, 1.807) is 24.3 Å². The minimum Gasteiger partial charge on any atom is -0.207 e. The van der Waals surface area contributed by atoms with Crippen molar-refractivity contribution in [3.05, 3.63) is 131 Å². The zero-order chi connectivity index (χ0) is 23.2. The molecule has 0 atom stereocenters. The Morgan fingerprint density at radius 2 is 1.27 bits per heavy atom. The van der Waals surface area contributed by atoms with E-state index in [2.05, 4.69) is 18.4 Å². The van der Waals surface area contributed by atoms with Crippen molar-refractivity contribution in [3.8, 4) is 11.8 Å². The molecular formula is C30H23F3. The van der Waals surface area contributed by atoms with Crippen molar-refractivity contribution in [3.63, 3.8) is 0 Å². The molecule has 0 unspecified atom stereocenters. The summed E-state index contributed by atoms with van der Waals surface area (Å²) in [6.07, 6.45) is 4.85. The first kappa shape index (κ1) is 22.4. The fourth-order valence-corrected chi connectivity index (χ4v) is 3.72. The van der Waals surface area contributed by atoms with Gasteiger partial charge < -0.3 is 0 Å². The Bertz CT molecular complexity index is 1360. The average Bonchev–Trinajstić information content (AvgIpc) is 2.82. The summed E-state index contributed by atoms with van der Waals surface area (Å²) in [7, 11) is 0. The van der Waals surface area contributed by atoms with E-state index >= 15 is 0 Å². The molecule has 0 bridgehead atoms. The molecule has 0 aromatic heterocycles. The van der Waals surface area contributed by atoms with Gasteiger partial charge in [0.25, 0.3) is 0 Å². The van der Waals surface area contributed by atoms with E-state index in [0.717, 1.165) is 41.5 Å². The average molecular weight is 441 g/mol.